The number of carbonyl (C=O) groups excluding carboxylic acids is 1. The number of phenolic OH excluding ortho intramolecular Hbond substituents is 1. The van der Waals surface area contributed by atoms with Crippen molar-refractivity contribution in [3.05, 3.63) is 35.9 Å². The zero-order chi connectivity index (χ0) is 21.4. The normalized spacial score (nSPS) is 10.0. The molecule has 0 aromatic heterocycles. The molecule has 0 aliphatic carbocycles. The third-order valence-corrected chi connectivity index (χ3v) is 5.20. The Bertz CT molecular complexity index is 887. The first-order chi connectivity index (χ1) is 14.0. The van der Waals surface area contributed by atoms with E-state index < -0.39 is 15.0 Å². The van der Waals surface area contributed by atoms with Crippen molar-refractivity contribution >= 4 is 26.6 Å². The Morgan fingerprint density at radius 3 is 2.14 bits per heavy atom. The molecule has 0 heterocycles. The van der Waals surface area contributed by atoms with E-state index in [0.717, 1.165) is 0 Å². The Morgan fingerprint density at radius 2 is 1.66 bits per heavy atom. The maximum absolute atomic E-state index is 12.9. The summed E-state index contributed by atoms with van der Waals surface area (Å²) in [5.74, 6) is 1.31. The van der Waals surface area contributed by atoms with Crippen LogP contribution in [-0.2, 0) is 11.3 Å². The number of carbonyl (C=O) groups is 1. The van der Waals surface area contributed by atoms with Gasteiger partial charge in [0.2, 0.25) is 0 Å². The van der Waals surface area contributed by atoms with E-state index in [2.05, 4.69) is 0 Å². The molecular formula is C20H22N2O6Se. The molecular weight excluding hydrogens is 443 g/mol. The SMILES string of the molecule is COc1ccc(CN(C(=O)C[Se]C#N)c2cc(OC)c(OC)c(OC)c2)cc1O. The van der Waals surface area contributed by atoms with Gasteiger partial charge in [0, 0.05) is 0 Å². The molecule has 0 radical (unpaired) electrons. The molecule has 0 unspecified atom stereocenters. The summed E-state index contributed by atoms with van der Waals surface area (Å²) in [5.41, 5.74) is 1.21. The van der Waals surface area contributed by atoms with Gasteiger partial charge >= 0.3 is 175 Å². The molecule has 0 aliphatic rings. The molecule has 8 nitrogen and oxygen atoms in total. The first-order valence-electron chi connectivity index (χ1n) is 8.46. The molecule has 9 heteroatoms. The van der Waals surface area contributed by atoms with E-state index in [1.807, 2.05) is 4.97 Å². The summed E-state index contributed by atoms with van der Waals surface area (Å²) in [6.45, 7) is 0.177. The van der Waals surface area contributed by atoms with Crippen molar-refractivity contribution in [2.45, 2.75) is 11.9 Å². The summed E-state index contributed by atoms with van der Waals surface area (Å²) < 4.78 is 21.2. The summed E-state index contributed by atoms with van der Waals surface area (Å²) in [7, 11) is 5.95. The van der Waals surface area contributed by atoms with Gasteiger partial charge in [0.15, 0.2) is 0 Å². The summed E-state index contributed by atoms with van der Waals surface area (Å²) in [6, 6.07) is 8.25. The molecule has 0 spiro atoms. The standard InChI is InChI=1S/C20H22N2O6Se/c1-25-16-6-5-13(7-15(16)23)10-22(19(24)11-29-12-21)14-8-17(26-2)20(28-4)18(9-14)27-3/h5-9,23H,10-11H2,1-4H3. The molecule has 2 aromatic carbocycles. The van der Waals surface area contributed by atoms with Crippen LogP contribution in [0.25, 0.3) is 0 Å². The zero-order valence-electron chi connectivity index (χ0n) is 16.6. The van der Waals surface area contributed by atoms with E-state index in [1.165, 1.54) is 39.4 Å². The van der Waals surface area contributed by atoms with Crippen LogP contribution in [0, 0.1) is 10.2 Å². The second-order valence-electron chi connectivity index (χ2n) is 5.75. The van der Waals surface area contributed by atoms with Crippen molar-refractivity contribution in [3.8, 4) is 33.7 Å². The second kappa shape index (κ2) is 10.5. The number of nitriles is 1. The van der Waals surface area contributed by atoms with E-state index in [9.17, 15) is 9.90 Å². The molecule has 0 saturated carbocycles. The molecule has 0 aliphatic heterocycles. The molecule has 154 valence electrons. The molecule has 1 amide bonds. The summed E-state index contributed by atoms with van der Waals surface area (Å²) in [6.07, 6.45) is 0. The predicted molar refractivity (Wildman–Crippen MR) is 108 cm³/mol. The fraction of sp³-hybridized carbons (Fsp3) is 0.300. The Morgan fingerprint density at radius 1 is 1.03 bits per heavy atom. The average molecular weight is 465 g/mol. The van der Waals surface area contributed by atoms with E-state index in [1.54, 1.807) is 24.3 Å². The van der Waals surface area contributed by atoms with Crippen LogP contribution >= 0.6 is 0 Å². The van der Waals surface area contributed by atoms with E-state index in [0.29, 0.717) is 34.2 Å². The first kappa shape index (κ1) is 22.2. The van der Waals surface area contributed by atoms with Crippen LogP contribution in [0.2, 0.25) is 5.32 Å². The fourth-order valence-electron chi connectivity index (χ4n) is 2.73. The number of anilines is 1. The fourth-order valence-corrected chi connectivity index (χ4v) is 3.46. The number of amides is 1. The van der Waals surface area contributed by atoms with Crippen LogP contribution < -0.4 is 23.8 Å². The number of hydrogen-bond acceptors (Lipinski definition) is 7. The van der Waals surface area contributed by atoms with Crippen molar-refractivity contribution in [2.24, 2.45) is 0 Å². The van der Waals surface area contributed by atoms with Gasteiger partial charge in [-0.15, -0.1) is 0 Å². The summed E-state index contributed by atoms with van der Waals surface area (Å²) in [4.78, 5) is 16.4. The first-order valence-corrected chi connectivity index (χ1v) is 10.5. The average Bonchev–Trinajstić information content (AvgIpc) is 2.74. The maximum atomic E-state index is 12.9. The van der Waals surface area contributed by atoms with E-state index >= 15 is 0 Å². The van der Waals surface area contributed by atoms with Crippen molar-refractivity contribution in [3.63, 3.8) is 0 Å². The van der Waals surface area contributed by atoms with Crippen LogP contribution in [-0.4, -0.2) is 54.4 Å². The number of hydrogen-bond donors (Lipinski definition) is 1. The van der Waals surface area contributed by atoms with E-state index in [4.69, 9.17) is 24.2 Å². The van der Waals surface area contributed by atoms with Crippen molar-refractivity contribution in [1.82, 2.24) is 0 Å². The monoisotopic (exact) mass is 466 g/mol. The van der Waals surface area contributed by atoms with Gasteiger partial charge in [0.05, 0.1) is 0 Å². The van der Waals surface area contributed by atoms with Gasteiger partial charge < -0.3 is 0 Å². The number of benzene rings is 2. The number of nitrogens with zero attached hydrogens (tertiary/aromatic N) is 2. The number of phenols is 1. The Labute approximate surface area is 175 Å². The number of ether oxygens (including phenoxy) is 4. The number of rotatable bonds is 9. The van der Waals surface area contributed by atoms with E-state index in [-0.39, 0.29) is 23.5 Å². The summed E-state index contributed by atoms with van der Waals surface area (Å²) >= 11 is -0.474. The molecule has 0 atom stereocenters. The Balaban J connectivity index is 2.49. The minimum atomic E-state index is -0.474. The van der Waals surface area contributed by atoms with Crippen LogP contribution in [0.5, 0.6) is 28.7 Å². The van der Waals surface area contributed by atoms with Crippen molar-refractivity contribution in [1.29, 1.82) is 5.26 Å². The van der Waals surface area contributed by atoms with Crippen LogP contribution in [0.4, 0.5) is 5.69 Å². The van der Waals surface area contributed by atoms with Gasteiger partial charge in [-0.2, -0.15) is 0 Å². The van der Waals surface area contributed by atoms with Gasteiger partial charge in [0.1, 0.15) is 0 Å². The third-order valence-electron chi connectivity index (χ3n) is 4.11. The molecule has 0 saturated heterocycles. The molecule has 29 heavy (non-hydrogen) atoms. The van der Waals surface area contributed by atoms with Crippen LogP contribution in [0.15, 0.2) is 30.3 Å². The second-order valence-corrected chi connectivity index (χ2v) is 7.34. The molecule has 2 aromatic rings. The zero-order valence-corrected chi connectivity index (χ0v) is 18.3. The number of aromatic hydroxyl groups is 1. The predicted octanol–water partition coefficient (Wildman–Crippen LogP) is 2.56. The topological polar surface area (TPSA) is 101 Å². The van der Waals surface area contributed by atoms with Crippen LogP contribution in [0.3, 0.4) is 0 Å². The van der Waals surface area contributed by atoms with Gasteiger partial charge in [-0.3, -0.25) is 0 Å². The minimum absolute atomic E-state index is 0.0245. The third kappa shape index (κ3) is 5.25. The Hall–Kier alpha value is -3.08. The van der Waals surface area contributed by atoms with Gasteiger partial charge in [-0.25, -0.2) is 0 Å². The molecule has 1 N–H and O–H groups in total. The molecule has 0 bridgehead atoms. The summed E-state index contributed by atoms with van der Waals surface area (Å²) in [5, 5.41) is 19.1. The van der Waals surface area contributed by atoms with Crippen molar-refractivity contribution < 1.29 is 28.8 Å². The quantitative estimate of drug-likeness (QED) is 0.568. The molecule has 2 rings (SSSR count). The number of methoxy groups -OCH3 is 4. The van der Waals surface area contributed by atoms with Crippen molar-refractivity contribution in [2.75, 3.05) is 33.3 Å². The Kier molecular flexibility index (Phi) is 8.01. The molecule has 0 fully saturated rings. The van der Waals surface area contributed by atoms with Gasteiger partial charge in [-0.1, -0.05) is 0 Å². The van der Waals surface area contributed by atoms with Crippen LogP contribution in [0.1, 0.15) is 5.56 Å². The van der Waals surface area contributed by atoms with Gasteiger partial charge in [0.25, 0.3) is 0 Å². The van der Waals surface area contributed by atoms with Gasteiger partial charge in [-0.05, 0) is 0 Å².